The Morgan fingerprint density at radius 1 is 1.41 bits per heavy atom. The molecule has 0 saturated carbocycles. The van der Waals surface area contributed by atoms with E-state index < -0.39 is 17.7 Å². The van der Waals surface area contributed by atoms with Crippen LogP contribution in [0.15, 0.2) is 36.4 Å². The first kappa shape index (κ1) is 13.1. The van der Waals surface area contributed by atoms with Crippen molar-refractivity contribution in [3.8, 4) is 5.75 Å². The molecule has 0 aromatic heterocycles. The third-order valence-electron chi connectivity index (χ3n) is 1.94. The molecule has 1 aromatic rings. The Morgan fingerprint density at radius 2 is 2.06 bits per heavy atom. The Hall–Kier alpha value is -1.98. The van der Waals surface area contributed by atoms with Gasteiger partial charge in [-0.15, -0.1) is 0 Å². The summed E-state index contributed by atoms with van der Waals surface area (Å²) in [7, 11) is 1.41. The topological polar surface area (TPSA) is 38.3 Å². The SMILES string of the molecule is C=C(C(=O)Nc1cccc(OC)c1)C(F)(F)F. The third-order valence-corrected chi connectivity index (χ3v) is 1.94. The summed E-state index contributed by atoms with van der Waals surface area (Å²) in [6.45, 7) is 2.70. The number of benzene rings is 1. The van der Waals surface area contributed by atoms with Crippen LogP contribution in [-0.2, 0) is 4.79 Å². The van der Waals surface area contributed by atoms with Crippen molar-refractivity contribution in [2.24, 2.45) is 0 Å². The monoisotopic (exact) mass is 245 g/mol. The Morgan fingerprint density at radius 3 is 2.59 bits per heavy atom. The molecule has 0 atom stereocenters. The largest absolute Gasteiger partial charge is 0.497 e. The lowest BCUT2D eigenvalue weighted by Crippen LogP contribution is -2.24. The number of nitrogens with one attached hydrogen (secondary N) is 1. The maximum atomic E-state index is 12.2. The van der Waals surface area contributed by atoms with Gasteiger partial charge in [0, 0.05) is 11.8 Å². The summed E-state index contributed by atoms with van der Waals surface area (Å²) in [6, 6.07) is 6.00. The van der Waals surface area contributed by atoms with Crippen LogP contribution >= 0.6 is 0 Å². The first-order chi connectivity index (χ1) is 7.84. The van der Waals surface area contributed by atoms with Crippen LogP contribution < -0.4 is 10.1 Å². The molecule has 0 heterocycles. The molecule has 17 heavy (non-hydrogen) atoms. The van der Waals surface area contributed by atoms with Gasteiger partial charge in [0.15, 0.2) is 0 Å². The molecule has 3 nitrogen and oxygen atoms in total. The second-order valence-corrected chi connectivity index (χ2v) is 3.16. The lowest BCUT2D eigenvalue weighted by Gasteiger charge is -2.10. The summed E-state index contributed by atoms with van der Waals surface area (Å²) < 4.78 is 41.4. The van der Waals surface area contributed by atoms with Gasteiger partial charge in [0.2, 0.25) is 0 Å². The van der Waals surface area contributed by atoms with E-state index in [9.17, 15) is 18.0 Å². The lowest BCUT2D eigenvalue weighted by atomic mass is 10.2. The van der Waals surface area contributed by atoms with E-state index in [2.05, 4.69) is 11.9 Å². The van der Waals surface area contributed by atoms with Gasteiger partial charge in [0.05, 0.1) is 7.11 Å². The van der Waals surface area contributed by atoms with E-state index in [1.165, 1.54) is 19.2 Å². The highest BCUT2D eigenvalue weighted by Crippen LogP contribution is 2.25. The number of anilines is 1. The molecule has 0 spiro atoms. The standard InChI is InChI=1S/C11H10F3NO2/c1-7(11(12,13)14)10(16)15-8-4-3-5-9(6-8)17-2/h3-6H,1H2,2H3,(H,15,16). The van der Waals surface area contributed by atoms with Gasteiger partial charge in [-0.05, 0) is 12.1 Å². The van der Waals surface area contributed by atoms with E-state index in [1.54, 1.807) is 12.1 Å². The molecule has 0 bridgehead atoms. The summed E-state index contributed by atoms with van der Waals surface area (Å²) >= 11 is 0. The highest BCUT2D eigenvalue weighted by Gasteiger charge is 2.36. The minimum atomic E-state index is -4.73. The van der Waals surface area contributed by atoms with Crippen LogP contribution in [0.3, 0.4) is 0 Å². The van der Waals surface area contributed by atoms with Crippen LogP contribution in [0, 0.1) is 0 Å². The molecule has 0 fully saturated rings. The summed E-state index contributed by atoms with van der Waals surface area (Å²) in [5.41, 5.74) is -1.24. The van der Waals surface area contributed by atoms with Crippen LogP contribution in [-0.4, -0.2) is 19.2 Å². The summed E-state index contributed by atoms with van der Waals surface area (Å²) in [6.07, 6.45) is -4.73. The number of hydrogen-bond acceptors (Lipinski definition) is 2. The normalized spacial score (nSPS) is 10.8. The molecule has 0 aliphatic rings. The fraction of sp³-hybridized carbons (Fsp3) is 0.182. The van der Waals surface area contributed by atoms with Crippen molar-refractivity contribution < 1.29 is 22.7 Å². The van der Waals surface area contributed by atoms with Gasteiger partial charge in [0.1, 0.15) is 11.3 Å². The molecule has 0 unspecified atom stereocenters. The molecule has 6 heteroatoms. The summed E-state index contributed by atoms with van der Waals surface area (Å²) in [4.78, 5) is 11.2. The van der Waals surface area contributed by atoms with Crippen molar-refractivity contribution >= 4 is 11.6 Å². The molecular formula is C11H10F3NO2. The molecule has 1 amide bonds. The van der Waals surface area contributed by atoms with Crippen molar-refractivity contribution in [2.45, 2.75) is 6.18 Å². The summed E-state index contributed by atoms with van der Waals surface area (Å²) in [5, 5.41) is 2.08. The van der Waals surface area contributed by atoms with E-state index in [-0.39, 0.29) is 5.69 Å². The number of carbonyl (C=O) groups excluding carboxylic acids is 1. The molecule has 92 valence electrons. The molecule has 0 radical (unpaired) electrons. The zero-order valence-electron chi connectivity index (χ0n) is 8.97. The highest BCUT2D eigenvalue weighted by atomic mass is 19.4. The minimum absolute atomic E-state index is 0.208. The van der Waals surface area contributed by atoms with Crippen LogP contribution in [0.5, 0.6) is 5.75 Å². The highest BCUT2D eigenvalue weighted by molar-refractivity contribution is 6.04. The van der Waals surface area contributed by atoms with Gasteiger partial charge < -0.3 is 10.1 Å². The van der Waals surface area contributed by atoms with Crippen molar-refractivity contribution in [1.82, 2.24) is 0 Å². The number of methoxy groups -OCH3 is 1. The molecule has 1 N–H and O–H groups in total. The quantitative estimate of drug-likeness (QED) is 0.831. The van der Waals surface area contributed by atoms with E-state index >= 15 is 0 Å². The number of halogens is 3. The number of carbonyl (C=O) groups is 1. The maximum Gasteiger partial charge on any atom is 0.421 e. The second kappa shape index (κ2) is 4.90. The zero-order chi connectivity index (χ0) is 13.1. The first-order valence-corrected chi connectivity index (χ1v) is 4.56. The molecule has 0 aliphatic heterocycles. The predicted molar refractivity (Wildman–Crippen MR) is 56.8 cm³/mol. The number of hydrogen-bond donors (Lipinski definition) is 1. The summed E-state index contributed by atoms with van der Waals surface area (Å²) in [5.74, 6) is -0.855. The maximum absolute atomic E-state index is 12.2. The second-order valence-electron chi connectivity index (χ2n) is 3.16. The number of amides is 1. The van der Waals surface area contributed by atoms with Crippen LogP contribution in [0.25, 0.3) is 0 Å². The molecule has 1 aromatic carbocycles. The number of alkyl halides is 3. The molecule has 1 rings (SSSR count). The lowest BCUT2D eigenvalue weighted by molar-refractivity contribution is -0.126. The Balaban J connectivity index is 2.78. The van der Waals surface area contributed by atoms with Crippen LogP contribution in [0.4, 0.5) is 18.9 Å². The van der Waals surface area contributed by atoms with Gasteiger partial charge in [-0.3, -0.25) is 4.79 Å². The van der Waals surface area contributed by atoms with Gasteiger partial charge in [-0.1, -0.05) is 12.6 Å². The van der Waals surface area contributed by atoms with Gasteiger partial charge in [-0.25, -0.2) is 0 Å². The third kappa shape index (κ3) is 3.51. The molecule has 0 saturated heterocycles. The Bertz CT molecular complexity index is 441. The van der Waals surface area contributed by atoms with E-state index in [0.29, 0.717) is 5.75 Å². The van der Waals surface area contributed by atoms with Crippen molar-refractivity contribution in [3.05, 3.63) is 36.4 Å². The fourth-order valence-electron chi connectivity index (χ4n) is 1.04. The van der Waals surface area contributed by atoms with Crippen molar-refractivity contribution in [3.63, 3.8) is 0 Å². The van der Waals surface area contributed by atoms with E-state index in [4.69, 9.17) is 4.74 Å². The number of rotatable bonds is 3. The van der Waals surface area contributed by atoms with Gasteiger partial charge >= 0.3 is 6.18 Å². The Labute approximate surface area is 95.9 Å². The Kier molecular flexibility index (Phi) is 3.77. The van der Waals surface area contributed by atoms with Crippen LogP contribution in [0.2, 0.25) is 0 Å². The smallest absolute Gasteiger partial charge is 0.421 e. The molecular weight excluding hydrogens is 235 g/mol. The average molecular weight is 245 g/mol. The zero-order valence-corrected chi connectivity index (χ0v) is 8.97. The molecule has 0 aliphatic carbocycles. The fourth-order valence-corrected chi connectivity index (χ4v) is 1.04. The van der Waals surface area contributed by atoms with Gasteiger partial charge in [0.25, 0.3) is 5.91 Å². The van der Waals surface area contributed by atoms with E-state index in [1.807, 2.05) is 0 Å². The average Bonchev–Trinajstić information content (AvgIpc) is 2.27. The number of ether oxygens (including phenoxy) is 1. The van der Waals surface area contributed by atoms with Gasteiger partial charge in [-0.2, -0.15) is 13.2 Å². The van der Waals surface area contributed by atoms with Crippen LogP contribution in [0.1, 0.15) is 0 Å². The predicted octanol–water partition coefficient (Wildman–Crippen LogP) is 2.75. The van der Waals surface area contributed by atoms with Crippen molar-refractivity contribution in [1.29, 1.82) is 0 Å². The first-order valence-electron chi connectivity index (χ1n) is 4.56. The van der Waals surface area contributed by atoms with E-state index in [0.717, 1.165) is 0 Å². The van der Waals surface area contributed by atoms with Crippen molar-refractivity contribution in [2.75, 3.05) is 12.4 Å². The minimum Gasteiger partial charge on any atom is -0.497 e.